The van der Waals surface area contributed by atoms with Crippen molar-refractivity contribution in [3.63, 3.8) is 0 Å². The van der Waals surface area contributed by atoms with Crippen LogP contribution in [-0.2, 0) is 11.2 Å². The van der Waals surface area contributed by atoms with Crippen molar-refractivity contribution in [1.29, 1.82) is 0 Å². The molecule has 3 aliphatic rings. The van der Waals surface area contributed by atoms with Gasteiger partial charge in [-0.3, -0.25) is 10.0 Å². The summed E-state index contributed by atoms with van der Waals surface area (Å²) >= 11 is 0. The second-order valence-electron chi connectivity index (χ2n) is 8.21. The van der Waals surface area contributed by atoms with Crippen LogP contribution in [0, 0.1) is 17.3 Å². The average molecular weight is 313 g/mol. The van der Waals surface area contributed by atoms with Gasteiger partial charge in [-0.2, -0.15) is 5.06 Å². The number of carbonyl (C=O) groups is 1. The number of rotatable bonds is 1. The maximum atomic E-state index is 11.4. The first-order valence-corrected chi connectivity index (χ1v) is 9.12. The minimum Gasteiger partial charge on any atom is -0.281 e. The quantitative estimate of drug-likeness (QED) is 0.604. The standard InChI is InChI=1S/C20H27NO2/c1-13(22)21(23)15-6-8-16-14(12-15)5-7-18-17(16)9-11-20(2)10-3-4-19(18)20/h6,8,12,17-19,23H,3-5,7,9-11H2,1-2H3/t17-,18-,19+,20+/m1/s1. The number of hydrogen-bond acceptors (Lipinski definition) is 2. The van der Waals surface area contributed by atoms with Crippen LogP contribution in [0.4, 0.5) is 5.69 Å². The molecule has 2 saturated carbocycles. The van der Waals surface area contributed by atoms with Crippen molar-refractivity contribution in [3.8, 4) is 0 Å². The summed E-state index contributed by atoms with van der Waals surface area (Å²) in [5.74, 6) is 2.10. The zero-order valence-corrected chi connectivity index (χ0v) is 14.2. The Bertz CT molecular complexity index is 641. The van der Waals surface area contributed by atoms with Crippen LogP contribution in [-0.4, -0.2) is 11.1 Å². The second-order valence-corrected chi connectivity index (χ2v) is 8.21. The molecule has 0 radical (unpaired) electrons. The molecule has 1 aromatic rings. The Morgan fingerprint density at radius 1 is 1.26 bits per heavy atom. The largest absolute Gasteiger partial charge is 0.281 e. The van der Waals surface area contributed by atoms with Gasteiger partial charge in [-0.1, -0.05) is 19.4 Å². The van der Waals surface area contributed by atoms with Crippen molar-refractivity contribution in [2.75, 3.05) is 5.06 Å². The summed E-state index contributed by atoms with van der Waals surface area (Å²) in [5, 5.41) is 10.6. The first kappa shape index (κ1) is 15.2. The third-order valence-electron chi connectivity index (χ3n) is 7.03. The Morgan fingerprint density at radius 3 is 2.87 bits per heavy atom. The number of fused-ring (bicyclic) bond motifs is 5. The lowest BCUT2D eigenvalue weighted by molar-refractivity contribution is -0.121. The van der Waals surface area contributed by atoms with Gasteiger partial charge in [0.2, 0.25) is 5.91 Å². The molecule has 4 rings (SSSR count). The molecule has 3 aliphatic carbocycles. The van der Waals surface area contributed by atoms with E-state index in [1.54, 1.807) is 0 Å². The van der Waals surface area contributed by atoms with E-state index in [1.165, 1.54) is 56.6 Å². The lowest BCUT2D eigenvalue weighted by Gasteiger charge is -2.49. The molecule has 3 heteroatoms. The Balaban J connectivity index is 1.65. The Kier molecular flexibility index (Phi) is 3.53. The van der Waals surface area contributed by atoms with Crippen LogP contribution in [0.25, 0.3) is 0 Å². The summed E-state index contributed by atoms with van der Waals surface area (Å²) in [4.78, 5) is 11.4. The lowest BCUT2D eigenvalue weighted by Crippen LogP contribution is -2.39. The highest BCUT2D eigenvalue weighted by Crippen LogP contribution is 2.60. The third-order valence-corrected chi connectivity index (χ3v) is 7.03. The fourth-order valence-corrected chi connectivity index (χ4v) is 5.88. The van der Waals surface area contributed by atoms with E-state index in [-0.39, 0.29) is 5.91 Å². The van der Waals surface area contributed by atoms with Gasteiger partial charge in [-0.25, -0.2) is 0 Å². The summed E-state index contributed by atoms with van der Waals surface area (Å²) in [6, 6.07) is 6.10. The van der Waals surface area contributed by atoms with Crippen LogP contribution in [0.3, 0.4) is 0 Å². The second kappa shape index (κ2) is 5.34. The summed E-state index contributed by atoms with van der Waals surface area (Å²) in [6.07, 6.45) is 9.27. The van der Waals surface area contributed by atoms with Gasteiger partial charge < -0.3 is 0 Å². The van der Waals surface area contributed by atoms with Gasteiger partial charge in [0.05, 0.1) is 5.69 Å². The van der Waals surface area contributed by atoms with Gasteiger partial charge in [-0.15, -0.1) is 0 Å². The van der Waals surface area contributed by atoms with Crippen LogP contribution < -0.4 is 5.06 Å². The van der Waals surface area contributed by atoms with E-state index in [9.17, 15) is 10.0 Å². The van der Waals surface area contributed by atoms with Crippen LogP contribution in [0.5, 0.6) is 0 Å². The fraction of sp³-hybridized carbons (Fsp3) is 0.650. The molecule has 0 bridgehead atoms. The number of anilines is 1. The number of hydrogen-bond donors (Lipinski definition) is 1. The molecule has 23 heavy (non-hydrogen) atoms. The Labute approximate surface area is 138 Å². The molecule has 0 unspecified atom stereocenters. The monoisotopic (exact) mass is 313 g/mol. The molecule has 2 fully saturated rings. The first-order valence-electron chi connectivity index (χ1n) is 9.12. The Hall–Kier alpha value is -1.35. The topological polar surface area (TPSA) is 40.5 Å². The van der Waals surface area contributed by atoms with E-state index in [4.69, 9.17) is 0 Å². The summed E-state index contributed by atoms with van der Waals surface area (Å²) in [7, 11) is 0. The number of aryl methyl sites for hydroxylation is 1. The molecule has 0 aliphatic heterocycles. The van der Waals surface area contributed by atoms with E-state index in [0.717, 1.165) is 23.3 Å². The molecule has 0 heterocycles. The first-order chi connectivity index (χ1) is 11.0. The smallest absolute Gasteiger partial charge is 0.247 e. The van der Waals surface area contributed by atoms with Crippen LogP contribution in [0.2, 0.25) is 0 Å². The highest BCUT2D eigenvalue weighted by atomic mass is 16.5. The fourth-order valence-electron chi connectivity index (χ4n) is 5.88. The van der Waals surface area contributed by atoms with Gasteiger partial charge in [-0.05, 0) is 85.0 Å². The van der Waals surface area contributed by atoms with E-state index < -0.39 is 0 Å². The van der Waals surface area contributed by atoms with Gasteiger partial charge in [0.15, 0.2) is 0 Å². The van der Waals surface area contributed by atoms with Crippen molar-refractivity contribution >= 4 is 11.6 Å². The van der Waals surface area contributed by atoms with E-state index in [0.29, 0.717) is 17.0 Å². The van der Waals surface area contributed by atoms with Crippen LogP contribution in [0.1, 0.15) is 69.4 Å². The molecule has 4 atom stereocenters. The number of hydroxylamine groups is 1. The van der Waals surface area contributed by atoms with Crippen LogP contribution in [0.15, 0.2) is 18.2 Å². The summed E-state index contributed by atoms with van der Waals surface area (Å²) in [6.45, 7) is 3.91. The van der Waals surface area contributed by atoms with Crippen molar-refractivity contribution in [3.05, 3.63) is 29.3 Å². The zero-order valence-electron chi connectivity index (χ0n) is 14.2. The molecule has 0 spiro atoms. The molecule has 1 N–H and O–H groups in total. The van der Waals surface area contributed by atoms with Gasteiger partial charge >= 0.3 is 0 Å². The van der Waals surface area contributed by atoms with Crippen molar-refractivity contribution in [1.82, 2.24) is 0 Å². The summed E-state index contributed by atoms with van der Waals surface area (Å²) < 4.78 is 0. The zero-order chi connectivity index (χ0) is 16.2. The average Bonchev–Trinajstić information content (AvgIpc) is 2.95. The number of benzene rings is 1. The van der Waals surface area contributed by atoms with Crippen molar-refractivity contribution < 1.29 is 10.0 Å². The number of carbonyl (C=O) groups excluding carboxylic acids is 1. The third kappa shape index (κ3) is 2.32. The number of nitrogens with zero attached hydrogens (tertiary/aromatic N) is 1. The molecule has 124 valence electrons. The number of amides is 1. The maximum Gasteiger partial charge on any atom is 0.247 e. The highest BCUT2D eigenvalue weighted by molar-refractivity contribution is 5.89. The van der Waals surface area contributed by atoms with E-state index in [2.05, 4.69) is 13.0 Å². The van der Waals surface area contributed by atoms with Crippen molar-refractivity contribution in [2.45, 2.75) is 64.7 Å². The minimum absolute atomic E-state index is 0.335. The molecule has 0 aromatic heterocycles. The van der Waals surface area contributed by atoms with E-state index in [1.807, 2.05) is 12.1 Å². The normalized spacial score (nSPS) is 35.2. The lowest BCUT2D eigenvalue weighted by atomic mass is 9.56. The van der Waals surface area contributed by atoms with E-state index >= 15 is 0 Å². The SMILES string of the molecule is CC(=O)N(O)c1ccc2c(c1)CC[C@@H]1[C@@H]2CC[C@]2(C)CCC[C@@H]12. The summed E-state index contributed by atoms with van der Waals surface area (Å²) in [5.41, 5.74) is 4.02. The molecule has 1 amide bonds. The van der Waals surface area contributed by atoms with Crippen molar-refractivity contribution in [2.24, 2.45) is 17.3 Å². The predicted molar refractivity (Wildman–Crippen MR) is 90.6 cm³/mol. The minimum atomic E-state index is -0.335. The molecule has 3 nitrogen and oxygen atoms in total. The molecule has 1 aromatic carbocycles. The van der Waals surface area contributed by atoms with Gasteiger partial charge in [0.25, 0.3) is 0 Å². The van der Waals surface area contributed by atoms with Gasteiger partial charge in [0.1, 0.15) is 0 Å². The molecular formula is C20H27NO2. The predicted octanol–water partition coefficient (Wildman–Crippen LogP) is 4.67. The molecule has 0 saturated heterocycles. The maximum absolute atomic E-state index is 11.4. The van der Waals surface area contributed by atoms with Crippen LogP contribution >= 0.6 is 0 Å². The Morgan fingerprint density at radius 2 is 2.09 bits per heavy atom. The van der Waals surface area contributed by atoms with Gasteiger partial charge in [0, 0.05) is 6.92 Å². The highest BCUT2D eigenvalue weighted by Gasteiger charge is 2.50. The molecular weight excluding hydrogens is 286 g/mol.